The van der Waals surface area contributed by atoms with E-state index in [1.165, 1.54) is 12.1 Å². The highest BCUT2D eigenvalue weighted by molar-refractivity contribution is 5.50. The first-order valence-corrected chi connectivity index (χ1v) is 5.57. The largest absolute Gasteiger partial charge is 0.457 e. The Hall–Kier alpha value is -2.17. The van der Waals surface area contributed by atoms with E-state index < -0.39 is 11.7 Å². The number of aryl methyl sites for hydroxylation is 1. The lowest BCUT2D eigenvalue weighted by Gasteiger charge is -2.14. The Balaban J connectivity index is 2.37. The minimum Gasteiger partial charge on any atom is -0.457 e. The van der Waals surface area contributed by atoms with Gasteiger partial charge < -0.3 is 10.5 Å². The van der Waals surface area contributed by atoms with E-state index in [0.717, 1.165) is 11.6 Å². The molecular formula is C14H12F3NO. The number of anilines is 1. The zero-order valence-electron chi connectivity index (χ0n) is 10.2. The molecule has 100 valence electrons. The summed E-state index contributed by atoms with van der Waals surface area (Å²) in [6, 6.07) is 10.2. The van der Waals surface area contributed by atoms with Crippen molar-refractivity contribution < 1.29 is 17.9 Å². The summed E-state index contributed by atoms with van der Waals surface area (Å²) in [4.78, 5) is 0. The summed E-state index contributed by atoms with van der Waals surface area (Å²) in [6.45, 7) is 1.88. The summed E-state index contributed by atoms with van der Waals surface area (Å²) in [7, 11) is 0. The van der Waals surface area contributed by atoms with E-state index in [1.54, 1.807) is 24.3 Å². The molecule has 0 aliphatic rings. The molecule has 0 aliphatic heterocycles. The Labute approximate surface area is 108 Å². The summed E-state index contributed by atoms with van der Waals surface area (Å²) in [5.41, 5.74) is 5.55. The smallest absolute Gasteiger partial charge is 0.420 e. The second-order valence-corrected chi connectivity index (χ2v) is 4.17. The predicted molar refractivity (Wildman–Crippen MR) is 67.1 cm³/mol. The Bertz CT molecular complexity index is 576. The molecule has 2 N–H and O–H groups in total. The van der Waals surface area contributed by atoms with E-state index in [9.17, 15) is 13.2 Å². The molecule has 0 amide bonds. The van der Waals surface area contributed by atoms with Crippen molar-refractivity contribution in [3.8, 4) is 11.5 Å². The van der Waals surface area contributed by atoms with Gasteiger partial charge in [-0.3, -0.25) is 0 Å². The van der Waals surface area contributed by atoms with Gasteiger partial charge in [0.1, 0.15) is 17.1 Å². The van der Waals surface area contributed by atoms with Gasteiger partial charge in [0.05, 0.1) is 0 Å². The second kappa shape index (κ2) is 4.84. The lowest BCUT2D eigenvalue weighted by atomic mass is 10.1. The second-order valence-electron chi connectivity index (χ2n) is 4.17. The minimum atomic E-state index is -4.50. The maximum atomic E-state index is 12.9. The van der Waals surface area contributed by atoms with E-state index in [-0.39, 0.29) is 11.4 Å². The molecule has 0 atom stereocenters. The van der Waals surface area contributed by atoms with Gasteiger partial charge in [-0.1, -0.05) is 17.7 Å². The van der Waals surface area contributed by atoms with Crippen molar-refractivity contribution in [2.45, 2.75) is 13.1 Å². The van der Waals surface area contributed by atoms with Gasteiger partial charge in [-0.25, -0.2) is 0 Å². The van der Waals surface area contributed by atoms with Crippen molar-refractivity contribution in [3.63, 3.8) is 0 Å². The zero-order valence-corrected chi connectivity index (χ0v) is 10.2. The topological polar surface area (TPSA) is 35.2 Å². The molecule has 5 heteroatoms. The number of ether oxygens (including phenoxy) is 1. The maximum absolute atomic E-state index is 12.9. The molecule has 0 bridgehead atoms. The molecule has 0 aromatic heterocycles. The van der Waals surface area contributed by atoms with Crippen molar-refractivity contribution in [1.82, 2.24) is 0 Å². The normalized spacial score (nSPS) is 11.4. The highest BCUT2D eigenvalue weighted by atomic mass is 19.4. The third kappa shape index (κ3) is 3.19. The van der Waals surface area contributed by atoms with Gasteiger partial charge in [0.15, 0.2) is 0 Å². The van der Waals surface area contributed by atoms with Crippen LogP contribution in [0.1, 0.15) is 11.1 Å². The van der Waals surface area contributed by atoms with Crippen LogP contribution >= 0.6 is 0 Å². The molecule has 2 aromatic rings. The maximum Gasteiger partial charge on any atom is 0.420 e. The third-order valence-electron chi connectivity index (χ3n) is 2.56. The molecule has 2 nitrogen and oxygen atoms in total. The summed E-state index contributed by atoms with van der Waals surface area (Å²) in [5, 5.41) is 0. The first kappa shape index (κ1) is 13.3. The van der Waals surface area contributed by atoms with Crippen molar-refractivity contribution in [2.24, 2.45) is 0 Å². The number of halogens is 3. The Morgan fingerprint density at radius 2 is 1.63 bits per heavy atom. The van der Waals surface area contributed by atoms with E-state index in [1.807, 2.05) is 6.92 Å². The fourth-order valence-electron chi connectivity index (χ4n) is 1.59. The number of hydrogen-bond acceptors (Lipinski definition) is 2. The molecule has 0 fully saturated rings. The van der Waals surface area contributed by atoms with Crippen LogP contribution in [0.25, 0.3) is 0 Å². The molecule has 0 aliphatic carbocycles. The van der Waals surface area contributed by atoms with Crippen LogP contribution in [0.3, 0.4) is 0 Å². The monoisotopic (exact) mass is 267 g/mol. The SMILES string of the molecule is Cc1ccc(Oc2ccc(N)cc2C(F)(F)F)cc1. The van der Waals surface area contributed by atoms with E-state index in [0.29, 0.717) is 5.75 Å². The molecule has 0 spiro atoms. The zero-order chi connectivity index (χ0) is 14.0. The van der Waals surface area contributed by atoms with Gasteiger partial charge >= 0.3 is 6.18 Å². The Kier molecular flexibility index (Phi) is 3.38. The molecule has 0 saturated carbocycles. The van der Waals surface area contributed by atoms with E-state index in [2.05, 4.69) is 0 Å². The summed E-state index contributed by atoms with van der Waals surface area (Å²) >= 11 is 0. The lowest BCUT2D eigenvalue weighted by molar-refractivity contribution is -0.138. The van der Waals surface area contributed by atoms with Gasteiger partial charge in [-0.05, 0) is 37.3 Å². The van der Waals surface area contributed by atoms with Crippen LogP contribution in [0.2, 0.25) is 0 Å². The number of nitrogens with two attached hydrogens (primary N) is 1. The number of hydrogen-bond donors (Lipinski definition) is 1. The number of rotatable bonds is 2. The molecule has 0 heterocycles. The van der Waals surface area contributed by atoms with E-state index >= 15 is 0 Å². The van der Waals surface area contributed by atoms with E-state index in [4.69, 9.17) is 10.5 Å². The molecule has 0 unspecified atom stereocenters. The molecule has 19 heavy (non-hydrogen) atoms. The molecule has 2 rings (SSSR count). The van der Waals surface area contributed by atoms with Crippen LogP contribution in [-0.4, -0.2) is 0 Å². The van der Waals surface area contributed by atoms with Crippen LogP contribution in [0.15, 0.2) is 42.5 Å². The van der Waals surface area contributed by atoms with Crippen LogP contribution in [0.4, 0.5) is 18.9 Å². The molecule has 0 radical (unpaired) electrons. The fourth-order valence-corrected chi connectivity index (χ4v) is 1.59. The minimum absolute atomic E-state index is 0.0450. The van der Waals surface area contributed by atoms with Crippen LogP contribution in [0, 0.1) is 6.92 Å². The van der Waals surface area contributed by atoms with Crippen molar-refractivity contribution in [1.29, 1.82) is 0 Å². The van der Waals surface area contributed by atoms with Crippen LogP contribution in [-0.2, 0) is 6.18 Å². The first-order chi connectivity index (χ1) is 8.86. The summed E-state index contributed by atoms with van der Waals surface area (Å²) in [6.07, 6.45) is -4.50. The molecular weight excluding hydrogens is 255 g/mol. The van der Waals surface area contributed by atoms with Crippen molar-refractivity contribution in [2.75, 3.05) is 5.73 Å². The molecule has 2 aromatic carbocycles. The Morgan fingerprint density at radius 3 is 2.21 bits per heavy atom. The first-order valence-electron chi connectivity index (χ1n) is 5.57. The van der Waals surface area contributed by atoms with Crippen molar-refractivity contribution in [3.05, 3.63) is 53.6 Å². The average molecular weight is 267 g/mol. The average Bonchev–Trinajstić information content (AvgIpc) is 2.33. The number of benzene rings is 2. The van der Waals surface area contributed by atoms with Crippen LogP contribution in [0.5, 0.6) is 11.5 Å². The van der Waals surface area contributed by atoms with Crippen LogP contribution < -0.4 is 10.5 Å². The number of alkyl halides is 3. The highest BCUT2D eigenvalue weighted by Gasteiger charge is 2.34. The van der Waals surface area contributed by atoms with Gasteiger partial charge in [0.25, 0.3) is 0 Å². The van der Waals surface area contributed by atoms with Gasteiger partial charge in [-0.15, -0.1) is 0 Å². The highest BCUT2D eigenvalue weighted by Crippen LogP contribution is 2.39. The number of nitrogen functional groups attached to an aromatic ring is 1. The standard InChI is InChI=1S/C14H12F3NO/c1-9-2-5-11(6-3-9)19-13-7-4-10(18)8-12(13)14(15,16)17/h2-8H,18H2,1H3. The van der Waals surface area contributed by atoms with Gasteiger partial charge in [0.2, 0.25) is 0 Å². The van der Waals surface area contributed by atoms with Crippen molar-refractivity contribution >= 4 is 5.69 Å². The predicted octanol–water partition coefficient (Wildman–Crippen LogP) is 4.39. The fraction of sp³-hybridized carbons (Fsp3) is 0.143. The summed E-state index contributed by atoms with van der Waals surface area (Å²) < 4.78 is 43.8. The summed E-state index contributed by atoms with van der Waals surface area (Å²) in [5.74, 6) is 0.0893. The van der Waals surface area contributed by atoms with Gasteiger partial charge in [0, 0.05) is 5.69 Å². The third-order valence-corrected chi connectivity index (χ3v) is 2.56. The van der Waals surface area contributed by atoms with Gasteiger partial charge in [-0.2, -0.15) is 13.2 Å². The molecule has 0 saturated heterocycles. The quantitative estimate of drug-likeness (QED) is 0.819. The lowest BCUT2D eigenvalue weighted by Crippen LogP contribution is -2.08. The Morgan fingerprint density at radius 1 is 1.00 bits per heavy atom.